The molecule has 1 N–H and O–H groups in total. The van der Waals surface area contributed by atoms with Crippen LogP contribution in [0.3, 0.4) is 0 Å². The Balaban J connectivity index is 2.68. The quantitative estimate of drug-likeness (QED) is 0.713. The highest BCUT2D eigenvalue weighted by Gasteiger charge is 2.24. The van der Waals surface area contributed by atoms with E-state index in [1.165, 1.54) is 13.2 Å². The highest BCUT2D eigenvalue weighted by atomic mass is 16.7. The Morgan fingerprint density at radius 3 is 3.00 bits per heavy atom. The van der Waals surface area contributed by atoms with Crippen LogP contribution in [-0.2, 0) is 0 Å². The van der Waals surface area contributed by atoms with E-state index < -0.39 is 0 Å². The van der Waals surface area contributed by atoms with Crippen molar-refractivity contribution < 1.29 is 24.1 Å². The summed E-state index contributed by atoms with van der Waals surface area (Å²) >= 11 is 0. The average molecular weight is 196 g/mol. The van der Waals surface area contributed by atoms with Gasteiger partial charge in [-0.2, -0.15) is 0 Å². The van der Waals surface area contributed by atoms with Gasteiger partial charge in [0.05, 0.1) is 7.11 Å². The molecule has 1 aromatic rings. The smallest absolute Gasteiger partial charge is 0.231 e. The highest BCUT2D eigenvalue weighted by molar-refractivity contribution is 5.86. The highest BCUT2D eigenvalue weighted by Crippen LogP contribution is 2.46. The predicted molar refractivity (Wildman–Crippen MR) is 46.2 cm³/mol. The third-order valence-electron chi connectivity index (χ3n) is 1.96. The number of aromatic hydroxyl groups is 1. The van der Waals surface area contributed by atoms with Gasteiger partial charge in [-0.3, -0.25) is 4.79 Å². The molecule has 0 atom stereocenters. The van der Waals surface area contributed by atoms with Gasteiger partial charge < -0.3 is 19.3 Å². The molecule has 0 radical (unpaired) electrons. The maximum absolute atomic E-state index is 10.7. The first kappa shape index (κ1) is 8.68. The van der Waals surface area contributed by atoms with Crippen LogP contribution in [0.5, 0.6) is 23.0 Å². The lowest BCUT2D eigenvalue weighted by Gasteiger charge is -2.08. The van der Waals surface area contributed by atoms with Crippen molar-refractivity contribution in [3.63, 3.8) is 0 Å². The molecule has 0 unspecified atom stereocenters. The first-order chi connectivity index (χ1) is 6.77. The van der Waals surface area contributed by atoms with Crippen LogP contribution in [-0.4, -0.2) is 25.3 Å². The van der Waals surface area contributed by atoms with Crippen molar-refractivity contribution in [1.82, 2.24) is 0 Å². The minimum absolute atomic E-state index is 0.0629. The molecule has 0 amide bonds. The van der Waals surface area contributed by atoms with Crippen LogP contribution in [0.25, 0.3) is 0 Å². The van der Waals surface area contributed by atoms with Crippen molar-refractivity contribution in [1.29, 1.82) is 0 Å². The monoisotopic (exact) mass is 196 g/mol. The van der Waals surface area contributed by atoms with Gasteiger partial charge in [0, 0.05) is 6.07 Å². The van der Waals surface area contributed by atoms with Crippen LogP contribution in [0.15, 0.2) is 6.07 Å². The Bertz CT molecular complexity index is 385. The van der Waals surface area contributed by atoms with E-state index in [1.807, 2.05) is 0 Å². The van der Waals surface area contributed by atoms with Crippen LogP contribution < -0.4 is 14.2 Å². The second kappa shape index (κ2) is 3.10. The summed E-state index contributed by atoms with van der Waals surface area (Å²) < 4.78 is 15.1. The maximum Gasteiger partial charge on any atom is 0.231 e. The number of aldehydes is 1. The second-order valence-electron chi connectivity index (χ2n) is 2.69. The molecule has 0 fully saturated rings. The number of benzene rings is 1. The van der Waals surface area contributed by atoms with Gasteiger partial charge >= 0.3 is 0 Å². The zero-order valence-corrected chi connectivity index (χ0v) is 7.44. The van der Waals surface area contributed by atoms with Crippen molar-refractivity contribution >= 4 is 6.29 Å². The molecule has 14 heavy (non-hydrogen) atoms. The molecule has 0 spiro atoms. The van der Waals surface area contributed by atoms with E-state index in [0.717, 1.165) is 0 Å². The summed E-state index contributed by atoms with van der Waals surface area (Å²) in [6, 6.07) is 1.33. The Labute approximate surface area is 79.8 Å². The number of ether oxygens (including phenoxy) is 3. The van der Waals surface area contributed by atoms with Gasteiger partial charge in [0.1, 0.15) is 11.3 Å². The Kier molecular flexibility index (Phi) is 1.92. The van der Waals surface area contributed by atoms with Gasteiger partial charge in [0.25, 0.3) is 0 Å². The fourth-order valence-corrected chi connectivity index (χ4v) is 1.33. The van der Waals surface area contributed by atoms with Crippen molar-refractivity contribution in [2.75, 3.05) is 13.9 Å². The lowest BCUT2D eigenvalue weighted by atomic mass is 10.1. The Morgan fingerprint density at radius 1 is 1.57 bits per heavy atom. The van der Waals surface area contributed by atoms with Crippen molar-refractivity contribution in [2.24, 2.45) is 0 Å². The molecule has 1 heterocycles. The molecule has 0 saturated carbocycles. The molecule has 0 saturated heterocycles. The SMILES string of the molecule is COc1c(C=O)c(O)cc2c1OCO2. The topological polar surface area (TPSA) is 65.0 Å². The Hall–Kier alpha value is -1.91. The minimum Gasteiger partial charge on any atom is -0.507 e. The lowest BCUT2D eigenvalue weighted by Crippen LogP contribution is -1.95. The summed E-state index contributed by atoms with van der Waals surface area (Å²) in [7, 11) is 1.39. The predicted octanol–water partition coefficient (Wildman–Crippen LogP) is 0.942. The Morgan fingerprint density at radius 2 is 2.36 bits per heavy atom. The van der Waals surface area contributed by atoms with E-state index >= 15 is 0 Å². The van der Waals surface area contributed by atoms with Gasteiger partial charge in [-0.25, -0.2) is 0 Å². The van der Waals surface area contributed by atoms with E-state index in [9.17, 15) is 9.90 Å². The summed E-state index contributed by atoms with van der Waals surface area (Å²) in [5.74, 6) is 0.756. The van der Waals surface area contributed by atoms with Gasteiger partial charge in [-0.15, -0.1) is 0 Å². The molecule has 1 aromatic carbocycles. The molecule has 2 rings (SSSR count). The van der Waals surface area contributed by atoms with Crippen LogP contribution in [0.1, 0.15) is 10.4 Å². The van der Waals surface area contributed by atoms with Gasteiger partial charge in [-0.1, -0.05) is 0 Å². The fraction of sp³-hybridized carbons (Fsp3) is 0.222. The third-order valence-corrected chi connectivity index (χ3v) is 1.96. The van der Waals surface area contributed by atoms with Crippen LogP contribution in [0, 0.1) is 0 Å². The summed E-state index contributed by atoms with van der Waals surface area (Å²) in [4.78, 5) is 10.7. The fourth-order valence-electron chi connectivity index (χ4n) is 1.33. The summed E-state index contributed by atoms with van der Waals surface area (Å²) in [6.07, 6.45) is 0.510. The van der Waals surface area contributed by atoms with E-state index in [-0.39, 0.29) is 23.9 Å². The summed E-state index contributed by atoms with van der Waals surface area (Å²) in [5.41, 5.74) is 0.0664. The average Bonchev–Trinajstić information content (AvgIpc) is 2.62. The second-order valence-corrected chi connectivity index (χ2v) is 2.69. The first-order valence-corrected chi connectivity index (χ1v) is 3.92. The maximum atomic E-state index is 10.7. The molecule has 0 aliphatic carbocycles. The number of phenols is 1. The molecule has 1 aliphatic rings. The molecule has 1 aliphatic heterocycles. The standard InChI is InChI=1S/C9H8O5/c1-12-8-5(3-10)6(11)2-7-9(8)14-4-13-7/h2-3,11H,4H2,1H3. The molecule has 0 aromatic heterocycles. The van der Waals surface area contributed by atoms with Crippen LogP contribution >= 0.6 is 0 Å². The van der Waals surface area contributed by atoms with Crippen LogP contribution in [0.4, 0.5) is 0 Å². The van der Waals surface area contributed by atoms with E-state index in [1.54, 1.807) is 0 Å². The van der Waals surface area contributed by atoms with Crippen LogP contribution in [0.2, 0.25) is 0 Å². The summed E-state index contributed by atoms with van der Waals surface area (Å²) in [6.45, 7) is 0.0629. The van der Waals surface area contributed by atoms with Crippen molar-refractivity contribution in [2.45, 2.75) is 0 Å². The number of methoxy groups -OCH3 is 1. The van der Waals surface area contributed by atoms with E-state index in [2.05, 4.69) is 0 Å². The number of carbonyl (C=O) groups excluding carboxylic acids is 1. The van der Waals surface area contributed by atoms with Gasteiger partial charge in [-0.05, 0) is 0 Å². The largest absolute Gasteiger partial charge is 0.507 e. The molecule has 5 nitrogen and oxygen atoms in total. The lowest BCUT2D eigenvalue weighted by molar-refractivity contribution is 0.111. The molecular formula is C9H8O5. The number of carbonyl (C=O) groups is 1. The number of hydrogen-bond acceptors (Lipinski definition) is 5. The number of rotatable bonds is 2. The summed E-state index contributed by atoms with van der Waals surface area (Å²) in [5, 5.41) is 9.44. The molecule has 0 bridgehead atoms. The third kappa shape index (κ3) is 1.06. The van der Waals surface area contributed by atoms with Crippen molar-refractivity contribution in [3.05, 3.63) is 11.6 Å². The van der Waals surface area contributed by atoms with Gasteiger partial charge in [0.2, 0.25) is 12.5 Å². The van der Waals surface area contributed by atoms with Gasteiger partial charge in [0.15, 0.2) is 17.8 Å². The van der Waals surface area contributed by atoms with Crippen molar-refractivity contribution in [3.8, 4) is 23.0 Å². The van der Waals surface area contributed by atoms with E-state index in [0.29, 0.717) is 17.8 Å². The zero-order chi connectivity index (χ0) is 10.1. The zero-order valence-electron chi connectivity index (χ0n) is 7.44. The molecular weight excluding hydrogens is 188 g/mol. The molecule has 5 heteroatoms. The van der Waals surface area contributed by atoms with E-state index in [4.69, 9.17) is 14.2 Å². The normalized spacial score (nSPS) is 12.6. The molecule has 74 valence electrons. The first-order valence-electron chi connectivity index (χ1n) is 3.92. The number of phenolic OH excluding ortho intramolecular Hbond substituents is 1. The minimum atomic E-state index is -0.180. The number of fused-ring (bicyclic) bond motifs is 1. The number of hydrogen-bond donors (Lipinski definition) is 1.